The lowest BCUT2D eigenvalue weighted by atomic mass is 10.0. The van der Waals surface area contributed by atoms with Crippen LogP contribution in [-0.4, -0.2) is 18.2 Å². The molecule has 2 aromatic carbocycles. The molecule has 2 rings (SSSR count). The van der Waals surface area contributed by atoms with Crippen molar-refractivity contribution in [1.29, 1.82) is 0 Å². The molecule has 2 aromatic rings. The zero-order valence-electron chi connectivity index (χ0n) is 9.17. The van der Waals surface area contributed by atoms with Gasteiger partial charge in [-0.05, 0) is 17.7 Å². The van der Waals surface area contributed by atoms with E-state index in [0.29, 0.717) is 11.3 Å². The van der Waals surface area contributed by atoms with Crippen LogP contribution in [0.15, 0.2) is 48.5 Å². The smallest absolute Gasteiger partial charge is 0.186 e. The number of hydrogen-bond acceptors (Lipinski definition) is 3. The topological polar surface area (TPSA) is 46.5 Å². The van der Waals surface area contributed by atoms with E-state index >= 15 is 0 Å². The van der Waals surface area contributed by atoms with E-state index in [1.54, 1.807) is 12.1 Å². The molecule has 86 valence electrons. The molecule has 0 saturated carbocycles. The van der Waals surface area contributed by atoms with E-state index in [-0.39, 0.29) is 0 Å². The lowest BCUT2D eigenvalue weighted by molar-refractivity contribution is 0.0986. The van der Waals surface area contributed by atoms with Gasteiger partial charge in [-0.25, -0.2) is 0 Å². The maximum Gasteiger partial charge on any atom is 0.186 e. The van der Waals surface area contributed by atoms with Crippen molar-refractivity contribution in [3.63, 3.8) is 0 Å². The van der Waals surface area contributed by atoms with E-state index < -0.39 is 6.79 Å². The molecule has 0 spiro atoms. The summed E-state index contributed by atoms with van der Waals surface area (Å²) in [6, 6.07) is 14.8. The highest BCUT2D eigenvalue weighted by atomic mass is 16.6. The van der Waals surface area contributed by atoms with E-state index in [2.05, 4.69) is 0 Å². The molecule has 1 N–H and O–H groups in total. The number of carbonyl (C=O) groups is 1. The van der Waals surface area contributed by atoms with E-state index in [9.17, 15) is 4.79 Å². The van der Waals surface area contributed by atoms with Gasteiger partial charge in [0, 0.05) is 11.1 Å². The molecule has 3 nitrogen and oxygen atoms in total. The monoisotopic (exact) mass is 228 g/mol. The Morgan fingerprint density at radius 1 is 1.12 bits per heavy atom. The molecule has 0 radical (unpaired) electrons. The van der Waals surface area contributed by atoms with Gasteiger partial charge in [-0.1, -0.05) is 36.4 Å². The maximum atomic E-state index is 10.7. The first-order valence-electron chi connectivity index (χ1n) is 5.23. The number of aldehydes is 1. The highest BCUT2D eigenvalue weighted by Crippen LogP contribution is 2.30. The first kappa shape index (κ1) is 11.4. The summed E-state index contributed by atoms with van der Waals surface area (Å²) in [5.74, 6) is 0.503. The summed E-state index contributed by atoms with van der Waals surface area (Å²) in [6.07, 6.45) is 0.749. The summed E-state index contributed by atoms with van der Waals surface area (Å²) in [7, 11) is 0. The Hall–Kier alpha value is -2.13. The number of ether oxygens (including phenoxy) is 1. The fraction of sp³-hybridized carbons (Fsp3) is 0.0714. The molecule has 17 heavy (non-hydrogen) atoms. The maximum absolute atomic E-state index is 10.7. The largest absolute Gasteiger partial charge is 0.467 e. The van der Waals surface area contributed by atoms with Crippen LogP contribution in [0.3, 0.4) is 0 Å². The van der Waals surface area contributed by atoms with Gasteiger partial charge in [0.05, 0.1) is 0 Å². The molecule has 0 aliphatic rings. The summed E-state index contributed by atoms with van der Waals surface area (Å²) in [5.41, 5.74) is 2.35. The van der Waals surface area contributed by atoms with Crippen molar-refractivity contribution in [3.05, 3.63) is 54.1 Å². The van der Waals surface area contributed by atoms with Gasteiger partial charge in [-0.15, -0.1) is 0 Å². The zero-order chi connectivity index (χ0) is 12.1. The van der Waals surface area contributed by atoms with Gasteiger partial charge >= 0.3 is 0 Å². The summed E-state index contributed by atoms with van der Waals surface area (Å²) < 4.78 is 5.13. The number of aliphatic hydroxyl groups is 1. The molecule has 0 aliphatic heterocycles. The van der Waals surface area contributed by atoms with Crippen LogP contribution in [0.1, 0.15) is 10.4 Å². The number of aliphatic hydroxyl groups excluding tert-OH is 1. The molecule has 3 heteroatoms. The van der Waals surface area contributed by atoms with Crippen LogP contribution < -0.4 is 4.74 Å². The van der Waals surface area contributed by atoms with Gasteiger partial charge in [0.15, 0.2) is 6.79 Å². The van der Waals surface area contributed by atoms with Gasteiger partial charge in [-0.2, -0.15) is 0 Å². The molecular formula is C14H12O3. The average Bonchev–Trinajstić information content (AvgIpc) is 2.40. The highest BCUT2D eigenvalue weighted by molar-refractivity contribution is 5.80. The first-order chi connectivity index (χ1) is 8.35. The zero-order valence-corrected chi connectivity index (χ0v) is 9.17. The van der Waals surface area contributed by atoms with Crippen molar-refractivity contribution in [2.24, 2.45) is 0 Å². The Morgan fingerprint density at radius 2 is 1.88 bits per heavy atom. The molecule has 0 bridgehead atoms. The van der Waals surface area contributed by atoms with E-state index in [1.165, 1.54) is 0 Å². The third-order valence-corrected chi connectivity index (χ3v) is 2.45. The predicted molar refractivity (Wildman–Crippen MR) is 65.0 cm³/mol. The average molecular weight is 228 g/mol. The number of hydrogen-bond donors (Lipinski definition) is 1. The fourth-order valence-corrected chi connectivity index (χ4v) is 1.66. The Morgan fingerprint density at radius 3 is 2.53 bits per heavy atom. The molecule has 0 saturated heterocycles. The van der Waals surface area contributed by atoms with Crippen molar-refractivity contribution in [2.45, 2.75) is 0 Å². The lowest BCUT2D eigenvalue weighted by Crippen LogP contribution is -1.97. The Labute approximate surface area is 99.3 Å². The van der Waals surface area contributed by atoms with Crippen LogP contribution in [0, 0.1) is 0 Å². The van der Waals surface area contributed by atoms with Crippen LogP contribution in [0.4, 0.5) is 0 Å². The first-order valence-corrected chi connectivity index (χ1v) is 5.23. The van der Waals surface area contributed by atoms with Gasteiger partial charge in [-0.3, -0.25) is 4.79 Å². The number of carbonyl (C=O) groups excluding carboxylic acids is 1. The molecule has 0 aromatic heterocycles. The van der Waals surface area contributed by atoms with Gasteiger partial charge in [0.25, 0.3) is 0 Å². The summed E-state index contributed by atoms with van der Waals surface area (Å²) in [6.45, 7) is -0.415. The van der Waals surface area contributed by atoms with Crippen molar-refractivity contribution < 1.29 is 14.6 Å². The fourth-order valence-electron chi connectivity index (χ4n) is 1.66. The van der Waals surface area contributed by atoms with Gasteiger partial charge in [0.2, 0.25) is 0 Å². The highest BCUT2D eigenvalue weighted by Gasteiger charge is 2.06. The Balaban J connectivity index is 2.49. The second-order valence-electron chi connectivity index (χ2n) is 3.51. The molecular weight excluding hydrogens is 216 g/mol. The van der Waals surface area contributed by atoms with Crippen molar-refractivity contribution in [2.75, 3.05) is 6.79 Å². The molecule has 0 amide bonds. The molecule has 0 unspecified atom stereocenters. The standard InChI is InChI=1S/C14H12O3/c15-9-11-6-7-13(14(8-11)17-10-16)12-4-2-1-3-5-12/h1-9,16H,10H2. The van der Waals surface area contributed by atoms with E-state index in [0.717, 1.165) is 17.4 Å². The van der Waals surface area contributed by atoms with Crippen LogP contribution in [0.2, 0.25) is 0 Å². The minimum absolute atomic E-state index is 0.415. The van der Waals surface area contributed by atoms with Gasteiger partial charge < -0.3 is 9.84 Å². The number of benzene rings is 2. The molecule has 0 atom stereocenters. The van der Waals surface area contributed by atoms with Crippen LogP contribution in [0.5, 0.6) is 5.75 Å². The summed E-state index contributed by atoms with van der Waals surface area (Å²) in [5, 5.41) is 8.84. The van der Waals surface area contributed by atoms with Crippen molar-refractivity contribution in [3.8, 4) is 16.9 Å². The minimum Gasteiger partial charge on any atom is -0.467 e. The third-order valence-electron chi connectivity index (χ3n) is 2.45. The van der Waals surface area contributed by atoms with E-state index in [1.807, 2.05) is 36.4 Å². The third kappa shape index (κ3) is 2.52. The lowest BCUT2D eigenvalue weighted by Gasteiger charge is -2.10. The quantitative estimate of drug-likeness (QED) is 0.646. The Kier molecular flexibility index (Phi) is 3.52. The van der Waals surface area contributed by atoms with Crippen molar-refractivity contribution >= 4 is 6.29 Å². The molecule has 0 fully saturated rings. The predicted octanol–water partition coefficient (Wildman–Crippen LogP) is 2.49. The van der Waals surface area contributed by atoms with Gasteiger partial charge in [0.1, 0.15) is 12.0 Å². The number of rotatable bonds is 4. The summed E-state index contributed by atoms with van der Waals surface area (Å²) in [4.78, 5) is 10.7. The SMILES string of the molecule is O=Cc1ccc(-c2ccccc2)c(OCO)c1. The Bertz CT molecular complexity index is 506. The molecule has 0 heterocycles. The molecule has 0 aliphatic carbocycles. The van der Waals surface area contributed by atoms with E-state index in [4.69, 9.17) is 9.84 Å². The second-order valence-corrected chi connectivity index (χ2v) is 3.51. The normalized spacial score (nSPS) is 9.94. The summed E-state index contributed by atoms with van der Waals surface area (Å²) >= 11 is 0. The van der Waals surface area contributed by atoms with Crippen LogP contribution in [0.25, 0.3) is 11.1 Å². The van der Waals surface area contributed by atoms with Crippen LogP contribution in [-0.2, 0) is 0 Å². The van der Waals surface area contributed by atoms with Crippen LogP contribution >= 0.6 is 0 Å². The second kappa shape index (κ2) is 5.27. The minimum atomic E-state index is -0.415. The van der Waals surface area contributed by atoms with Crippen molar-refractivity contribution in [1.82, 2.24) is 0 Å².